The van der Waals surface area contributed by atoms with Crippen LogP contribution in [0.15, 0.2) is 66.7 Å². The molecule has 0 fully saturated rings. The molecular weight excluding hydrogens is 310 g/mol. The van der Waals surface area contributed by atoms with Crippen LogP contribution >= 0.6 is 12.2 Å². The van der Waals surface area contributed by atoms with E-state index in [0.29, 0.717) is 10.8 Å². The van der Waals surface area contributed by atoms with E-state index in [-0.39, 0.29) is 5.69 Å². The molecule has 0 saturated carbocycles. The highest BCUT2D eigenvalue weighted by molar-refractivity contribution is 7.80. The average molecular weight is 323 g/mol. The van der Waals surface area contributed by atoms with Gasteiger partial charge in [0.25, 0.3) is 5.69 Å². The van der Waals surface area contributed by atoms with E-state index >= 15 is 0 Å². The number of rotatable bonds is 3. The fourth-order valence-electron chi connectivity index (χ4n) is 2.29. The first kappa shape index (κ1) is 14.9. The molecule has 0 aliphatic carbocycles. The molecule has 0 bridgehead atoms. The molecule has 0 saturated heterocycles. The van der Waals surface area contributed by atoms with E-state index in [1.165, 1.54) is 12.1 Å². The van der Waals surface area contributed by atoms with Crippen LogP contribution in [0.3, 0.4) is 0 Å². The van der Waals surface area contributed by atoms with Gasteiger partial charge < -0.3 is 10.6 Å². The Hall–Kier alpha value is -2.99. The topological polar surface area (TPSA) is 67.2 Å². The van der Waals surface area contributed by atoms with Crippen LogP contribution in [0, 0.1) is 10.1 Å². The van der Waals surface area contributed by atoms with Crippen LogP contribution in [0.4, 0.5) is 17.1 Å². The number of benzene rings is 3. The standard InChI is InChI=1S/C17H13N3O2S/c21-20(22)14-10-8-13(9-11-14)18-17(23)19-16-7-3-5-12-4-1-2-6-15(12)16/h1-11H,(H2,18,19,23). The highest BCUT2D eigenvalue weighted by Gasteiger charge is 2.06. The van der Waals surface area contributed by atoms with Gasteiger partial charge in [0, 0.05) is 28.9 Å². The number of nitro benzene ring substituents is 1. The van der Waals surface area contributed by atoms with Gasteiger partial charge in [0.05, 0.1) is 4.92 Å². The molecule has 5 nitrogen and oxygen atoms in total. The number of nitro groups is 1. The molecule has 114 valence electrons. The molecule has 3 aromatic carbocycles. The number of hydrogen-bond acceptors (Lipinski definition) is 3. The predicted molar refractivity (Wildman–Crippen MR) is 96.9 cm³/mol. The Kier molecular flexibility index (Phi) is 4.16. The van der Waals surface area contributed by atoms with E-state index in [2.05, 4.69) is 10.6 Å². The number of nitrogens with one attached hydrogen (secondary N) is 2. The second-order valence-electron chi connectivity index (χ2n) is 4.91. The van der Waals surface area contributed by atoms with Crippen molar-refractivity contribution in [3.8, 4) is 0 Å². The summed E-state index contributed by atoms with van der Waals surface area (Å²) in [6.07, 6.45) is 0. The number of hydrogen-bond donors (Lipinski definition) is 2. The maximum Gasteiger partial charge on any atom is 0.269 e. The fraction of sp³-hybridized carbons (Fsp3) is 0. The van der Waals surface area contributed by atoms with Gasteiger partial charge >= 0.3 is 0 Å². The van der Waals surface area contributed by atoms with Crippen molar-refractivity contribution < 1.29 is 4.92 Å². The van der Waals surface area contributed by atoms with Crippen LogP contribution in [0.25, 0.3) is 10.8 Å². The first-order chi connectivity index (χ1) is 11.1. The summed E-state index contributed by atoms with van der Waals surface area (Å²) >= 11 is 5.31. The Morgan fingerprint density at radius 2 is 1.61 bits per heavy atom. The quantitative estimate of drug-likeness (QED) is 0.420. The van der Waals surface area contributed by atoms with Crippen molar-refractivity contribution in [3.05, 3.63) is 76.8 Å². The van der Waals surface area contributed by atoms with Crippen LogP contribution in [0.5, 0.6) is 0 Å². The Morgan fingerprint density at radius 3 is 2.35 bits per heavy atom. The maximum atomic E-state index is 10.6. The van der Waals surface area contributed by atoms with Gasteiger partial charge in [-0.2, -0.15) is 0 Å². The molecule has 0 aliphatic heterocycles. The lowest BCUT2D eigenvalue weighted by Crippen LogP contribution is -2.19. The van der Waals surface area contributed by atoms with Crippen molar-refractivity contribution in [2.75, 3.05) is 10.6 Å². The normalized spacial score (nSPS) is 10.3. The molecule has 0 heterocycles. The highest BCUT2D eigenvalue weighted by Crippen LogP contribution is 2.23. The SMILES string of the molecule is O=[N+]([O-])c1ccc(NC(=S)Nc2cccc3ccccc23)cc1. The predicted octanol–water partition coefficient (Wildman–Crippen LogP) is 4.56. The van der Waals surface area contributed by atoms with Gasteiger partial charge in [0.1, 0.15) is 0 Å². The van der Waals surface area contributed by atoms with Crippen LogP contribution in [-0.2, 0) is 0 Å². The summed E-state index contributed by atoms with van der Waals surface area (Å²) in [5, 5.41) is 19.4. The summed E-state index contributed by atoms with van der Waals surface area (Å²) < 4.78 is 0. The monoisotopic (exact) mass is 323 g/mol. The third kappa shape index (κ3) is 3.44. The first-order valence-corrected chi connectivity index (χ1v) is 7.34. The van der Waals surface area contributed by atoms with E-state index in [4.69, 9.17) is 12.2 Å². The minimum Gasteiger partial charge on any atom is -0.332 e. The summed E-state index contributed by atoms with van der Waals surface area (Å²) in [5.74, 6) is 0. The maximum absolute atomic E-state index is 10.6. The second kappa shape index (κ2) is 6.41. The molecule has 6 heteroatoms. The van der Waals surface area contributed by atoms with E-state index in [1.807, 2.05) is 42.5 Å². The number of fused-ring (bicyclic) bond motifs is 1. The fourth-order valence-corrected chi connectivity index (χ4v) is 2.51. The third-order valence-electron chi connectivity index (χ3n) is 3.37. The zero-order valence-corrected chi connectivity index (χ0v) is 12.8. The molecule has 0 radical (unpaired) electrons. The van der Waals surface area contributed by atoms with Crippen molar-refractivity contribution in [1.82, 2.24) is 0 Å². The van der Waals surface area contributed by atoms with Crippen molar-refractivity contribution >= 4 is 45.2 Å². The minimum atomic E-state index is -0.434. The minimum absolute atomic E-state index is 0.0449. The Bertz CT molecular complexity index is 873. The molecule has 2 N–H and O–H groups in total. The van der Waals surface area contributed by atoms with Gasteiger partial charge in [-0.3, -0.25) is 10.1 Å². The molecule has 23 heavy (non-hydrogen) atoms. The summed E-state index contributed by atoms with van der Waals surface area (Å²) in [5.41, 5.74) is 1.64. The lowest BCUT2D eigenvalue weighted by Gasteiger charge is -2.12. The molecule has 3 rings (SSSR count). The average Bonchev–Trinajstić information content (AvgIpc) is 2.55. The number of non-ortho nitro benzene ring substituents is 1. The van der Waals surface area contributed by atoms with Crippen LogP contribution < -0.4 is 10.6 Å². The molecule has 0 atom stereocenters. The van der Waals surface area contributed by atoms with Crippen molar-refractivity contribution in [2.45, 2.75) is 0 Å². The van der Waals surface area contributed by atoms with Gasteiger partial charge in [-0.25, -0.2) is 0 Å². The zero-order chi connectivity index (χ0) is 16.2. The highest BCUT2D eigenvalue weighted by atomic mass is 32.1. The van der Waals surface area contributed by atoms with E-state index in [1.54, 1.807) is 12.1 Å². The van der Waals surface area contributed by atoms with Gasteiger partial charge in [-0.15, -0.1) is 0 Å². The summed E-state index contributed by atoms with van der Waals surface area (Å²) in [4.78, 5) is 10.2. The molecule has 0 amide bonds. The lowest BCUT2D eigenvalue weighted by molar-refractivity contribution is -0.384. The molecule has 0 aliphatic rings. The summed E-state index contributed by atoms with van der Waals surface area (Å²) in [6, 6.07) is 20.1. The largest absolute Gasteiger partial charge is 0.332 e. The van der Waals surface area contributed by atoms with Gasteiger partial charge in [-0.1, -0.05) is 36.4 Å². The summed E-state index contributed by atoms with van der Waals surface area (Å²) in [7, 11) is 0. The number of anilines is 2. The lowest BCUT2D eigenvalue weighted by atomic mass is 10.1. The first-order valence-electron chi connectivity index (χ1n) is 6.94. The van der Waals surface area contributed by atoms with Crippen molar-refractivity contribution in [1.29, 1.82) is 0 Å². The summed E-state index contributed by atoms with van der Waals surface area (Å²) in [6.45, 7) is 0. The smallest absolute Gasteiger partial charge is 0.269 e. The Morgan fingerprint density at radius 1 is 0.913 bits per heavy atom. The van der Waals surface area contributed by atoms with Crippen molar-refractivity contribution in [3.63, 3.8) is 0 Å². The van der Waals surface area contributed by atoms with Gasteiger partial charge in [0.15, 0.2) is 5.11 Å². The Balaban J connectivity index is 1.75. The third-order valence-corrected chi connectivity index (χ3v) is 3.58. The van der Waals surface area contributed by atoms with Crippen LogP contribution in [-0.4, -0.2) is 10.0 Å². The molecule has 3 aromatic rings. The number of thiocarbonyl (C=S) groups is 1. The van der Waals surface area contributed by atoms with Gasteiger partial charge in [-0.05, 0) is 35.8 Å². The van der Waals surface area contributed by atoms with E-state index in [9.17, 15) is 10.1 Å². The molecule has 0 aromatic heterocycles. The van der Waals surface area contributed by atoms with E-state index < -0.39 is 4.92 Å². The van der Waals surface area contributed by atoms with E-state index in [0.717, 1.165) is 16.5 Å². The molecule has 0 spiro atoms. The number of nitrogens with zero attached hydrogens (tertiary/aromatic N) is 1. The molecular formula is C17H13N3O2S. The second-order valence-corrected chi connectivity index (χ2v) is 5.32. The van der Waals surface area contributed by atoms with Crippen LogP contribution in [0.1, 0.15) is 0 Å². The molecule has 0 unspecified atom stereocenters. The van der Waals surface area contributed by atoms with Crippen molar-refractivity contribution in [2.24, 2.45) is 0 Å². The zero-order valence-electron chi connectivity index (χ0n) is 12.0. The van der Waals surface area contributed by atoms with Gasteiger partial charge in [0.2, 0.25) is 0 Å². The Labute approximate surface area is 138 Å². The van der Waals surface area contributed by atoms with Crippen LogP contribution in [0.2, 0.25) is 0 Å².